The number of aliphatic carboxylic acids is 1. The van der Waals surface area contributed by atoms with E-state index in [4.69, 9.17) is 11.6 Å². The maximum Gasteiger partial charge on any atom is 0.306 e. The van der Waals surface area contributed by atoms with Gasteiger partial charge >= 0.3 is 5.97 Å². The monoisotopic (exact) mass is 578 g/mol. The number of anilines is 1. The number of hydrogen-bond acceptors (Lipinski definition) is 4. The fourth-order valence-corrected chi connectivity index (χ4v) is 7.40. The highest BCUT2D eigenvalue weighted by atomic mass is 35.5. The molecule has 0 saturated carbocycles. The second-order valence-electron chi connectivity index (χ2n) is 12.0. The summed E-state index contributed by atoms with van der Waals surface area (Å²) in [5.74, 6) is -1.42. The molecule has 0 aliphatic carbocycles. The van der Waals surface area contributed by atoms with Crippen LogP contribution in [0, 0.1) is 11.3 Å². The molecule has 0 bridgehead atoms. The lowest BCUT2D eigenvalue weighted by atomic mass is 9.93. The van der Waals surface area contributed by atoms with Crippen molar-refractivity contribution >= 4 is 57.6 Å². The zero-order valence-electron chi connectivity index (χ0n) is 23.1. The van der Waals surface area contributed by atoms with E-state index in [0.717, 1.165) is 27.6 Å². The van der Waals surface area contributed by atoms with Gasteiger partial charge in [0, 0.05) is 36.8 Å². The second-order valence-corrected chi connectivity index (χ2v) is 13.7. The Morgan fingerprint density at radius 2 is 1.70 bits per heavy atom. The fraction of sp³-hybridized carbons (Fsp3) is 0.406. The Morgan fingerprint density at radius 1 is 1.00 bits per heavy atom. The van der Waals surface area contributed by atoms with Gasteiger partial charge in [0.1, 0.15) is 0 Å². The van der Waals surface area contributed by atoms with Gasteiger partial charge < -0.3 is 14.9 Å². The van der Waals surface area contributed by atoms with Crippen LogP contribution in [0.5, 0.6) is 0 Å². The van der Waals surface area contributed by atoms with Crippen molar-refractivity contribution in [2.24, 2.45) is 11.3 Å². The van der Waals surface area contributed by atoms with Crippen molar-refractivity contribution in [2.45, 2.75) is 50.5 Å². The normalized spacial score (nSPS) is 20.4. The number of benzene rings is 3. The lowest BCUT2D eigenvalue weighted by Gasteiger charge is -2.33. The predicted molar refractivity (Wildman–Crippen MR) is 162 cm³/mol. The first-order valence-electron chi connectivity index (χ1n) is 13.8. The molecule has 3 aromatic carbocycles. The molecule has 1 fully saturated rings. The molecular weight excluding hydrogens is 544 g/mol. The van der Waals surface area contributed by atoms with Crippen molar-refractivity contribution in [2.75, 3.05) is 24.5 Å². The lowest BCUT2D eigenvalue weighted by molar-refractivity contribution is -0.145. The second kappa shape index (κ2) is 11.5. The number of carboxylic acid groups (broad SMARTS) is 1. The third-order valence-corrected chi connectivity index (χ3v) is 9.41. The van der Waals surface area contributed by atoms with Crippen LogP contribution in [0.3, 0.4) is 0 Å². The lowest BCUT2D eigenvalue weighted by Crippen LogP contribution is -2.45. The summed E-state index contributed by atoms with van der Waals surface area (Å²) in [7, 11) is 0. The summed E-state index contributed by atoms with van der Waals surface area (Å²) in [5.41, 5.74) is 2.69. The fourth-order valence-electron chi connectivity index (χ4n) is 5.73. The average Bonchev–Trinajstić information content (AvgIpc) is 3.02. The molecule has 210 valence electrons. The molecular formula is C32H35ClN2O4S. The number of amides is 2. The third-order valence-electron chi connectivity index (χ3n) is 7.70. The van der Waals surface area contributed by atoms with Gasteiger partial charge in [-0.05, 0) is 58.4 Å². The summed E-state index contributed by atoms with van der Waals surface area (Å²) >= 11 is 8.07. The summed E-state index contributed by atoms with van der Waals surface area (Å²) in [6.07, 6.45) is 0.933. The summed E-state index contributed by atoms with van der Waals surface area (Å²) < 4.78 is 0. The van der Waals surface area contributed by atoms with Gasteiger partial charge in [0.25, 0.3) is 0 Å². The van der Waals surface area contributed by atoms with Gasteiger partial charge in [0.05, 0.1) is 16.4 Å². The number of rotatable bonds is 5. The number of fused-ring (bicyclic) bond motifs is 2. The van der Waals surface area contributed by atoms with E-state index in [-0.39, 0.29) is 28.9 Å². The number of halogens is 1. The number of hydrogen-bond donors (Lipinski definition) is 1. The number of carbonyl (C=O) groups is 3. The summed E-state index contributed by atoms with van der Waals surface area (Å²) in [6, 6.07) is 20.1. The van der Waals surface area contributed by atoms with E-state index >= 15 is 0 Å². The van der Waals surface area contributed by atoms with E-state index in [9.17, 15) is 19.5 Å². The van der Waals surface area contributed by atoms with Crippen molar-refractivity contribution in [3.63, 3.8) is 0 Å². The zero-order chi connectivity index (χ0) is 28.6. The van der Waals surface area contributed by atoms with Crippen LogP contribution in [-0.2, 0) is 14.4 Å². The topological polar surface area (TPSA) is 77.9 Å². The number of likely N-dealkylation sites (tertiary alicyclic amines) is 1. The molecule has 2 heterocycles. The molecule has 3 aromatic rings. The SMILES string of the molecule is CC(C)(C)CN1C(=O)[C@@H](CC(=O)N2CCC(C(=O)O)CC2)S[C@H](c2cccc3ccccc23)c2cc(Cl)ccc21. The summed E-state index contributed by atoms with van der Waals surface area (Å²) in [6.45, 7) is 7.60. The minimum absolute atomic E-state index is 0.0604. The van der Waals surface area contributed by atoms with Crippen LogP contribution in [0.1, 0.15) is 56.4 Å². The van der Waals surface area contributed by atoms with Crippen LogP contribution in [0.25, 0.3) is 10.8 Å². The van der Waals surface area contributed by atoms with Crippen LogP contribution in [0.15, 0.2) is 60.7 Å². The Balaban J connectivity index is 1.56. The van der Waals surface area contributed by atoms with E-state index in [1.165, 1.54) is 11.8 Å². The number of carboxylic acids is 1. The highest BCUT2D eigenvalue weighted by molar-refractivity contribution is 8.01. The first kappa shape index (κ1) is 28.5. The summed E-state index contributed by atoms with van der Waals surface area (Å²) in [5, 5.41) is 11.4. The van der Waals surface area contributed by atoms with Crippen LogP contribution in [-0.4, -0.2) is 52.7 Å². The number of carbonyl (C=O) groups excluding carboxylic acids is 2. The van der Waals surface area contributed by atoms with E-state index < -0.39 is 17.1 Å². The van der Waals surface area contributed by atoms with Crippen molar-refractivity contribution in [1.29, 1.82) is 0 Å². The smallest absolute Gasteiger partial charge is 0.306 e. The molecule has 0 spiro atoms. The highest BCUT2D eigenvalue weighted by Gasteiger charge is 2.40. The maximum absolute atomic E-state index is 14.3. The molecule has 40 heavy (non-hydrogen) atoms. The van der Waals surface area contributed by atoms with Crippen molar-refractivity contribution in [1.82, 2.24) is 4.90 Å². The molecule has 5 rings (SSSR count). The first-order valence-corrected chi connectivity index (χ1v) is 15.1. The van der Waals surface area contributed by atoms with Crippen molar-refractivity contribution in [3.8, 4) is 0 Å². The van der Waals surface area contributed by atoms with Gasteiger partial charge in [-0.25, -0.2) is 0 Å². The van der Waals surface area contributed by atoms with Gasteiger partial charge in [0.15, 0.2) is 0 Å². The van der Waals surface area contributed by atoms with Crippen LogP contribution < -0.4 is 4.90 Å². The predicted octanol–water partition coefficient (Wildman–Crippen LogP) is 6.79. The minimum atomic E-state index is -0.811. The Labute approximate surface area is 244 Å². The zero-order valence-corrected chi connectivity index (χ0v) is 24.7. The highest BCUT2D eigenvalue weighted by Crippen LogP contribution is 2.49. The van der Waals surface area contributed by atoms with Crippen LogP contribution in [0.4, 0.5) is 5.69 Å². The molecule has 1 saturated heterocycles. The molecule has 2 amide bonds. The van der Waals surface area contributed by atoms with E-state index in [1.807, 2.05) is 41.3 Å². The third kappa shape index (κ3) is 6.01. The van der Waals surface area contributed by atoms with E-state index in [1.54, 1.807) is 4.90 Å². The molecule has 6 nitrogen and oxygen atoms in total. The number of nitrogens with zero attached hydrogens (tertiary/aromatic N) is 2. The van der Waals surface area contributed by atoms with E-state index in [2.05, 4.69) is 45.0 Å². The van der Waals surface area contributed by atoms with Crippen LogP contribution >= 0.6 is 23.4 Å². The molecule has 8 heteroatoms. The molecule has 2 aliphatic rings. The number of piperidine rings is 1. The molecule has 0 unspecified atom stereocenters. The van der Waals surface area contributed by atoms with Crippen molar-refractivity contribution in [3.05, 3.63) is 76.8 Å². The quantitative estimate of drug-likeness (QED) is 0.361. The van der Waals surface area contributed by atoms with E-state index in [0.29, 0.717) is 37.5 Å². The Hall–Kier alpha value is -3.03. The largest absolute Gasteiger partial charge is 0.481 e. The van der Waals surface area contributed by atoms with Crippen LogP contribution in [0.2, 0.25) is 5.02 Å². The maximum atomic E-state index is 14.3. The molecule has 2 aliphatic heterocycles. The molecule has 0 radical (unpaired) electrons. The molecule has 1 N–H and O–H groups in total. The van der Waals surface area contributed by atoms with Gasteiger partial charge in [-0.3, -0.25) is 14.4 Å². The van der Waals surface area contributed by atoms with Gasteiger partial charge in [-0.15, -0.1) is 11.8 Å². The Kier molecular flexibility index (Phi) is 8.16. The number of thioether (sulfide) groups is 1. The minimum Gasteiger partial charge on any atom is -0.481 e. The Morgan fingerprint density at radius 3 is 2.40 bits per heavy atom. The standard InChI is InChI=1S/C32H35ClN2O4S/c1-32(2,3)19-35-26-12-11-22(33)17-25(26)29(24-10-6-8-20-7-4-5-9-23(20)24)40-27(30(35)37)18-28(36)34-15-13-21(14-16-34)31(38)39/h4-12,17,21,27,29H,13-16,18-19H2,1-3H3,(H,38,39)/t27-,29-/m1/s1. The van der Waals surface area contributed by atoms with Crippen molar-refractivity contribution < 1.29 is 19.5 Å². The van der Waals surface area contributed by atoms with Gasteiger partial charge in [0.2, 0.25) is 11.8 Å². The Bertz CT molecular complexity index is 1440. The molecule has 2 atom stereocenters. The average molecular weight is 579 g/mol. The van der Waals surface area contributed by atoms with Gasteiger partial charge in [-0.1, -0.05) is 74.8 Å². The summed E-state index contributed by atoms with van der Waals surface area (Å²) in [4.78, 5) is 42.8. The van der Waals surface area contributed by atoms with Gasteiger partial charge in [-0.2, -0.15) is 0 Å². The molecule has 0 aromatic heterocycles. The first-order chi connectivity index (χ1) is 19.0.